The fourth-order valence-corrected chi connectivity index (χ4v) is 3.49. The molecule has 0 unspecified atom stereocenters. The Morgan fingerprint density at radius 1 is 1.35 bits per heavy atom. The minimum atomic E-state index is -4.29. The zero-order chi connectivity index (χ0) is 14.8. The van der Waals surface area contributed by atoms with Crippen molar-refractivity contribution in [2.24, 2.45) is 5.92 Å². The van der Waals surface area contributed by atoms with Crippen molar-refractivity contribution in [3.05, 3.63) is 29.6 Å². The highest BCUT2D eigenvalue weighted by Gasteiger charge is 2.22. The molecule has 6 heteroatoms. The predicted octanol–water partition coefficient (Wildman–Crippen LogP) is 2.35. The average Bonchev–Trinajstić information content (AvgIpc) is 2.38. The second-order valence-corrected chi connectivity index (χ2v) is 6.70. The van der Waals surface area contributed by atoms with Gasteiger partial charge in [0, 0.05) is 0 Å². The maximum absolute atomic E-state index is 13.3. The van der Waals surface area contributed by atoms with Crippen LogP contribution in [-0.4, -0.2) is 37.5 Å². The number of rotatable bonds is 4. The highest BCUT2D eigenvalue weighted by molar-refractivity contribution is 7.85. The SMILES string of the molecule is CCN1CCC(Cc2cc(F)ccc2S(=O)(=O)O)CC1. The quantitative estimate of drug-likeness (QED) is 0.867. The topological polar surface area (TPSA) is 57.6 Å². The molecular formula is C14H20FNO3S. The molecule has 0 radical (unpaired) electrons. The van der Waals surface area contributed by atoms with Crippen LogP contribution < -0.4 is 0 Å². The van der Waals surface area contributed by atoms with Crippen LogP contribution in [0.1, 0.15) is 25.3 Å². The van der Waals surface area contributed by atoms with Gasteiger partial charge in [0.25, 0.3) is 10.1 Å². The minimum Gasteiger partial charge on any atom is -0.304 e. The Morgan fingerprint density at radius 3 is 2.55 bits per heavy atom. The third-order valence-electron chi connectivity index (χ3n) is 3.96. The van der Waals surface area contributed by atoms with Gasteiger partial charge in [0.15, 0.2) is 0 Å². The van der Waals surface area contributed by atoms with Crippen LogP contribution >= 0.6 is 0 Å². The molecule has 1 aliphatic heterocycles. The Hall–Kier alpha value is -0.980. The molecule has 1 aromatic rings. The lowest BCUT2D eigenvalue weighted by molar-refractivity contribution is 0.191. The highest BCUT2D eigenvalue weighted by Crippen LogP contribution is 2.25. The smallest absolute Gasteiger partial charge is 0.294 e. The molecule has 1 aliphatic rings. The molecule has 0 saturated carbocycles. The Morgan fingerprint density at radius 2 is 2.00 bits per heavy atom. The van der Waals surface area contributed by atoms with Crippen LogP contribution in [0.2, 0.25) is 0 Å². The third-order valence-corrected chi connectivity index (χ3v) is 4.92. The summed E-state index contributed by atoms with van der Waals surface area (Å²) in [7, 11) is -4.29. The molecule has 1 heterocycles. The van der Waals surface area contributed by atoms with Gasteiger partial charge in [0.05, 0.1) is 4.90 Å². The van der Waals surface area contributed by atoms with E-state index in [2.05, 4.69) is 11.8 Å². The highest BCUT2D eigenvalue weighted by atomic mass is 32.2. The standard InChI is InChI=1S/C14H20FNO3S/c1-2-16-7-5-11(6-8-16)9-12-10-13(15)3-4-14(12)20(17,18)19/h3-4,10-11H,2,5-9H2,1H3,(H,17,18,19). The molecule has 0 bridgehead atoms. The molecule has 2 rings (SSSR count). The van der Waals surface area contributed by atoms with E-state index >= 15 is 0 Å². The van der Waals surface area contributed by atoms with Gasteiger partial charge in [0.2, 0.25) is 0 Å². The van der Waals surface area contributed by atoms with Crippen molar-refractivity contribution in [2.75, 3.05) is 19.6 Å². The van der Waals surface area contributed by atoms with Crippen LogP contribution in [0.25, 0.3) is 0 Å². The lowest BCUT2D eigenvalue weighted by Gasteiger charge is -2.31. The Labute approximate surface area is 119 Å². The first kappa shape index (κ1) is 15.4. The summed E-state index contributed by atoms with van der Waals surface area (Å²) < 4.78 is 45.2. The average molecular weight is 301 g/mol. The van der Waals surface area contributed by atoms with Crippen molar-refractivity contribution in [1.82, 2.24) is 4.90 Å². The summed E-state index contributed by atoms with van der Waals surface area (Å²) in [6, 6.07) is 3.42. The fourth-order valence-electron chi connectivity index (χ4n) is 2.78. The molecule has 1 N–H and O–H groups in total. The monoisotopic (exact) mass is 301 g/mol. The summed E-state index contributed by atoms with van der Waals surface area (Å²) in [6.07, 6.45) is 2.43. The number of hydrogen-bond donors (Lipinski definition) is 1. The van der Waals surface area contributed by atoms with Crippen LogP contribution in [0, 0.1) is 11.7 Å². The number of likely N-dealkylation sites (tertiary alicyclic amines) is 1. The van der Waals surface area contributed by atoms with E-state index in [1.807, 2.05) is 0 Å². The lowest BCUT2D eigenvalue weighted by atomic mass is 9.90. The van der Waals surface area contributed by atoms with Gasteiger partial charge in [-0.2, -0.15) is 8.42 Å². The normalized spacial score (nSPS) is 18.4. The zero-order valence-corrected chi connectivity index (χ0v) is 12.4. The summed E-state index contributed by atoms with van der Waals surface area (Å²) in [6.45, 7) is 5.10. The summed E-state index contributed by atoms with van der Waals surface area (Å²) in [5, 5.41) is 0. The number of nitrogens with zero attached hydrogens (tertiary/aromatic N) is 1. The summed E-state index contributed by atoms with van der Waals surface area (Å²) in [5.41, 5.74) is 0.377. The number of hydrogen-bond acceptors (Lipinski definition) is 3. The number of halogens is 1. The Kier molecular flexibility index (Phi) is 4.78. The molecule has 1 aromatic carbocycles. The first-order valence-corrected chi connectivity index (χ1v) is 8.32. The fraction of sp³-hybridized carbons (Fsp3) is 0.571. The van der Waals surface area contributed by atoms with E-state index in [9.17, 15) is 17.4 Å². The van der Waals surface area contributed by atoms with Crippen LogP contribution in [0.4, 0.5) is 4.39 Å². The number of piperidine rings is 1. The van der Waals surface area contributed by atoms with Gasteiger partial charge in [-0.05, 0) is 68.6 Å². The largest absolute Gasteiger partial charge is 0.304 e. The van der Waals surface area contributed by atoms with Gasteiger partial charge in [-0.25, -0.2) is 4.39 Å². The maximum atomic E-state index is 13.3. The van der Waals surface area contributed by atoms with Crippen molar-refractivity contribution in [2.45, 2.75) is 31.1 Å². The van der Waals surface area contributed by atoms with Gasteiger partial charge in [-0.15, -0.1) is 0 Å². The van der Waals surface area contributed by atoms with Crippen LogP contribution in [0.3, 0.4) is 0 Å². The molecule has 112 valence electrons. The lowest BCUT2D eigenvalue weighted by Crippen LogP contribution is -2.34. The van der Waals surface area contributed by atoms with Gasteiger partial charge in [-0.3, -0.25) is 4.55 Å². The molecule has 0 atom stereocenters. The second kappa shape index (κ2) is 6.20. The van der Waals surface area contributed by atoms with E-state index in [1.165, 1.54) is 6.07 Å². The number of benzene rings is 1. The minimum absolute atomic E-state index is 0.170. The predicted molar refractivity (Wildman–Crippen MR) is 74.8 cm³/mol. The van der Waals surface area contributed by atoms with Crippen molar-refractivity contribution in [3.63, 3.8) is 0 Å². The van der Waals surface area contributed by atoms with Crippen molar-refractivity contribution in [1.29, 1.82) is 0 Å². The van der Waals surface area contributed by atoms with Crippen molar-refractivity contribution < 1.29 is 17.4 Å². The second-order valence-electron chi connectivity index (χ2n) is 5.31. The van der Waals surface area contributed by atoms with Crippen molar-refractivity contribution in [3.8, 4) is 0 Å². The van der Waals surface area contributed by atoms with Gasteiger partial charge in [0.1, 0.15) is 5.82 Å². The van der Waals surface area contributed by atoms with Crippen molar-refractivity contribution >= 4 is 10.1 Å². The molecule has 0 spiro atoms. The summed E-state index contributed by atoms with van der Waals surface area (Å²) >= 11 is 0. The summed E-state index contributed by atoms with van der Waals surface area (Å²) in [5.74, 6) is -0.140. The van der Waals surface area contributed by atoms with Crippen LogP contribution in [-0.2, 0) is 16.5 Å². The van der Waals surface area contributed by atoms with Gasteiger partial charge >= 0.3 is 0 Å². The zero-order valence-electron chi connectivity index (χ0n) is 11.5. The third kappa shape index (κ3) is 3.77. The molecule has 1 fully saturated rings. The van der Waals surface area contributed by atoms with E-state index in [4.69, 9.17) is 0 Å². The van der Waals surface area contributed by atoms with Gasteiger partial charge < -0.3 is 4.90 Å². The Bertz CT molecular complexity index is 566. The molecule has 4 nitrogen and oxygen atoms in total. The van der Waals surface area contributed by atoms with E-state index in [0.717, 1.165) is 44.6 Å². The van der Waals surface area contributed by atoms with E-state index in [0.29, 0.717) is 17.9 Å². The first-order chi connectivity index (χ1) is 9.40. The van der Waals surface area contributed by atoms with E-state index in [-0.39, 0.29) is 4.90 Å². The molecule has 1 saturated heterocycles. The Balaban J connectivity index is 2.15. The van der Waals surface area contributed by atoms with E-state index < -0.39 is 15.9 Å². The van der Waals surface area contributed by atoms with Gasteiger partial charge in [-0.1, -0.05) is 6.92 Å². The van der Waals surface area contributed by atoms with Crippen LogP contribution in [0.5, 0.6) is 0 Å². The molecular weight excluding hydrogens is 281 g/mol. The molecule has 0 aliphatic carbocycles. The molecule has 0 aromatic heterocycles. The first-order valence-electron chi connectivity index (χ1n) is 6.88. The van der Waals surface area contributed by atoms with Crippen LogP contribution in [0.15, 0.2) is 23.1 Å². The maximum Gasteiger partial charge on any atom is 0.294 e. The summed E-state index contributed by atoms with van der Waals surface area (Å²) in [4.78, 5) is 2.17. The molecule has 20 heavy (non-hydrogen) atoms. The molecule has 0 amide bonds. The van der Waals surface area contributed by atoms with E-state index in [1.54, 1.807) is 0 Å².